The third-order valence-corrected chi connectivity index (χ3v) is 9.43. The molecule has 0 bridgehead atoms. The number of para-hydroxylation sites is 1. The van der Waals surface area contributed by atoms with Crippen LogP contribution >= 0.6 is 11.3 Å². The molecule has 2 aromatic carbocycles. The lowest BCUT2D eigenvalue weighted by Gasteiger charge is -2.18. The number of carbonyl (C=O) groups excluding carboxylic acids is 1. The fourth-order valence-corrected chi connectivity index (χ4v) is 6.83. The number of aryl methyl sites for hydroxylation is 2. The molecule has 0 aliphatic carbocycles. The van der Waals surface area contributed by atoms with E-state index in [0.717, 1.165) is 32.6 Å². The maximum Gasteiger partial charge on any atom is 0.275 e. The van der Waals surface area contributed by atoms with Crippen LogP contribution in [0.3, 0.4) is 0 Å². The number of ether oxygens (including phenoxy) is 1. The maximum atomic E-state index is 13.3. The molecule has 2 aromatic heterocycles. The number of amides is 1. The number of carbonyl (C=O) groups is 1. The van der Waals surface area contributed by atoms with Gasteiger partial charge in [-0.25, -0.2) is 18.4 Å². The van der Waals surface area contributed by atoms with E-state index in [1.54, 1.807) is 5.38 Å². The van der Waals surface area contributed by atoms with Gasteiger partial charge in [-0.15, -0.1) is 27.7 Å². The van der Waals surface area contributed by atoms with Crippen LogP contribution in [0.2, 0.25) is 0 Å². The number of hydrogen-bond acceptors (Lipinski definition) is 7. The minimum atomic E-state index is -4.08. The fraction of sp³-hybridized carbons (Fsp3) is 0.125. The Morgan fingerprint density at radius 1 is 0.974 bits per heavy atom. The van der Waals surface area contributed by atoms with Crippen LogP contribution < -0.4 is 42.1 Å². The van der Waals surface area contributed by atoms with Crippen LogP contribution in [-0.4, -0.2) is 70.6 Å². The van der Waals surface area contributed by atoms with Crippen LogP contribution in [0.5, 0.6) is 5.88 Å². The molecule has 0 fully saturated rings. The van der Waals surface area contributed by atoms with Crippen LogP contribution in [0.25, 0.3) is 10.6 Å². The number of sulfonamides is 1. The van der Waals surface area contributed by atoms with Crippen LogP contribution in [0, 0.1) is 13.8 Å². The zero-order valence-electron chi connectivity index (χ0n) is 23.3. The first-order chi connectivity index (χ1) is 18.4. The average Bonchev–Trinajstić information content (AvgIpc) is 3.38. The third kappa shape index (κ3) is 5.51. The molecule has 15 heteroatoms. The number of hydrogen-bond donors (Lipinski definition) is 2. The number of anilines is 2. The number of thiazole rings is 1. The van der Waals surface area contributed by atoms with Crippen molar-refractivity contribution < 1.29 is 17.9 Å². The van der Waals surface area contributed by atoms with Crippen molar-refractivity contribution in [3.63, 3.8) is 0 Å². The number of nitrogens with one attached hydrogen (secondary N) is 2. The van der Waals surface area contributed by atoms with Gasteiger partial charge in [-0.3, -0.25) is 9.52 Å². The Balaban J connectivity index is 1.64. The Bertz CT molecular complexity index is 1680. The lowest BCUT2D eigenvalue weighted by molar-refractivity contribution is 0.102. The molecule has 0 saturated heterocycles. The van der Waals surface area contributed by atoms with Gasteiger partial charge in [0.2, 0.25) is 5.88 Å². The van der Waals surface area contributed by atoms with Gasteiger partial charge in [0.25, 0.3) is 15.9 Å². The Morgan fingerprint density at radius 3 is 2.15 bits per heavy atom. The van der Waals surface area contributed by atoms with E-state index in [1.807, 2.05) is 32.0 Å². The molecule has 194 valence electrons. The van der Waals surface area contributed by atoms with Gasteiger partial charge in [-0.2, -0.15) is 0 Å². The number of methoxy groups -OCH3 is 1. The number of rotatable bonds is 7. The smallest absolute Gasteiger partial charge is 0.275 e. The van der Waals surface area contributed by atoms with E-state index in [4.69, 9.17) is 4.74 Å². The predicted octanol–water partition coefficient (Wildman–Crippen LogP) is -3.82. The van der Waals surface area contributed by atoms with Gasteiger partial charge in [0.05, 0.1) is 24.7 Å². The summed E-state index contributed by atoms with van der Waals surface area (Å²) in [7, 11) is 7.71. The quantitative estimate of drug-likeness (QED) is 0.227. The van der Waals surface area contributed by atoms with Crippen LogP contribution in [0.15, 0.2) is 40.7 Å². The van der Waals surface area contributed by atoms with Crippen LogP contribution in [0.4, 0.5) is 11.4 Å². The highest BCUT2D eigenvalue weighted by atomic mass is 32.2. The van der Waals surface area contributed by atoms with E-state index < -0.39 is 15.9 Å². The molecule has 8 nitrogen and oxygen atoms in total. The van der Waals surface area contributed by atoms with E-state index in [-0.39, 0.29) is 22.2 Å². The molecule has 0 radical (unpaired) electrons. The van der Waals surface area contributed by atoms with Crippen molar-refractivity contribution >= 4 is 105 Å². The molecule has 39 heavy (non-hydrogen) atoms. The largest absolute Gasteiger partial charge is 0.480 e. The lowest BCUT2D eigenvalue weighted by Crippen LogP contribution is -2.55. The number of nitrogens with zero attached hydrogens (tertiary/aromatic N) is 2. The zero-order chi connectivity index (χ0) is 28.6. The monoisotopic (exact) mass is 554 g/mol. The van der Waals surface area contributed by atoms with E-state index in [1.165, 1.54) is 47.1 Å². The van der Waals surface area contributed by atoms with E-state index in [2.05, 4.69) is 59.2 Å². The molecule has 0 atom stereocenters. The molecule has 0 unspecified atom stereocenters. The van der Waals surface area contributed by atoms with Gasteiger partial charge >= 0.3 is 0 Å². The molecule has 1 amide bonds. The number of pyridine rings is 1. The molecule has 2 heterocycles. The Labute approximate surface area is 237 Å². The van der Waals surface area contributed by atoms with Gasteiger partial charge in [-0.1, -0.05) is 29.1 Å². The molecule has 4 aromatic rings. The normalized spacial score (nSPS) is 11.3. The highest BCUT2D eigenvalue weighted by Gasteiger charge is 2.24. The molecule has 0 aliphatic rings. The van der Waals surface area contributed by atoms with Crippen molar-refractivity contribution in [3.8, 4) is 16.5 Å². The molecule has 0 aliphatic heterocycles. The van der Waals surface area contributed by atoms with E-state index >= 15 is 0 Å². The van der Waals surface area contributed by atoms with Crippen molar-refractivity contribution in [3.05, 3.63) is 52.7 Å². The van der Waals surface area contributed by atoms with Crippen LogP contribution in [0.1, 0.15) is 21.6 Å². The standard InChI is InChI=1S/C24H27B5N4O4S2/c1-10-5-4-6-11(2)21(10)33-39(35,36)14-7-12(8-30-23(14)37-3)31-22(34)13-9-38-24(32-13)15-16(25)18(27)20(29)19(28)17(15)26/h4-9,33H,25-29H2,1-3H3,(H,31,34). The summed E-state index contributed by atoms with van der Waals surface area (Å²) in [5.74, 6) is -0.551. The second-order valence-corrected chi connectivity index (χ2v) is 12.1. The Morgan fingerprint density at radius 2 is 1.56 bits per heavy atom. The second-order valence-electron chi connectivity index (χ2n) is 9.60. The summed E-state index contributed by atoms with van der Waals surface area (Å²) in [5.41, 5.74) is 9.47. The van der Waals surface area contributed by atoms with Gasteiger partial charge in [0.15, 0.2) is 4.90 Å². The van der Waals surface area contributed by atoms with Gasteiger partial charge < -0.3 is 10.1 Å². The molecule has 0 saturated carbocycles. The summed E-state index contributed by atoms with van der Waals surface area (Å²) < 4.78 is 34.5. The van der Waals surface area contributed by atoms with Gasteiger partial charge in [-0.05, 0) is 36.6 Å². The topological polar surface area (TPSA) is 110 Å². The van der Waals surface area contributed by atoms with E-state index in [0.29, 0.717) is 5.69 Å². The minimum Gasteiger partial charge on any atom is -0.480 e. The molecular weight excluding hydrogens is 526 g/mol. The predicted molar refractivity (Wildman–Crippen MR) is 174 cm³/mol. The van der Waals surface area contributed by atoms with Gasteiger partial charge in [0.1, 0.15) is 49.9 Å². The summed E-state index contributed by atoms with van der Waals surface area (Å²) in [5, 5.41) is 5.19. The third-order valence-electron chi connectivity index (χ3n) is 7.23. The first-order valence-corrected chi connectivity index (χ1v) is 14.7. The van der Waals surface area contributed by atoms with Gasteiger partial charge in [0, 0.05) is 5.38 Å². The Kier molecular flexibility index (Phi) is 8.04. The number of benzene rings is 2. The van der Waals surface area contributed by atoms with Crippen molar-refractivity contribution in [1.29, 1.82) is 0 Å². The number of aromatic nitrogens is 2. The summed E-state index contributed by atoms with van der Waals surface area (Å²) in [6.45, 7) is 3.64. The van der Waals surface area contributed by atoms with Crippen molar-refractivity contribution in [1.82, 2.24) is 9.97 Å². The second kappa shape index (κ2) is 11.0. The highest BCUT2D eigenvalue weighted by Crippen LogP contribution is 2.29. The maximum absolute atomic E-state index is 13.3. The first-order valence-electron chi connectivity index (χ1n) is 12.3. The molecule has 2 N–H and O–H groups in total. The van der Waals surface area contributed by atoms with Crippen molar-refractivity contribution in [2.24, 2.45) is 0 Å². The summed E-state index contributed by atoms with van der Waals surface area (Å²) in [6, 6.07) is 6.82. The SMILES string of the molecule is Bc1c(B)c(B)c(-c2nc(C(=O)Nc3cnc(OC)c(S(=O)(=O)Nc4c(C)cccc4C)c3)cs2)c(B)c1B. The summed E-state index contributed by atoms with van der Waals surface area (Å²) in [6.07, 6.45) is 1.35. The molecule has 0 spiro atoms. The highest BCUT2D eigenvalue weighted by molar-refractivity contribution is 7.92. The van der Waals surface area contributed by atoms with Crippen molar-refractivity contribution in [2.45, 2.75) is 18.7 Å². The van der Waals surface area contributed by atoms with E-state index in [9.17, 15) is 13.2 Å². The minimum absolute atomic E-state index is 0.0845. The molecular formula is C24H27B5N4O4S2. The fourth-order valence-electron chi connectivity index (χ4n) is 4.52. The zero-order valence-corrected chi connectivity index (χ0v) is 24.9. The van der Waals surface area contributed by atoms with Crippen LogP contribution in [-0.2, 0) is 10.0 Å². The summed E-state index contributed by atoms with van der Waals surface area (Å²) in [4.78, 5) is 21.7. The summed E-state index contributed by atoms with van der Waals surface area (Å²) >= 11 is 1.40. The lowest BCUT2D eigenvalue weighted by atomic mass is 9.60. The average molecular weight is 554 g/mol. The first kappa shape index (κ1) is 28.6. The Hall–Kier alpha value is -3.44. The van der Waals surface area contributed by atoms with Crippen molar-refractivity contribution in [2.75, 3.05) is 17.1 Å². The molecule has 4 rings (SSSR count).